The third kappa shape index (κ3) is 19.1. The SMILES string of the molecule is CC(F)(F)C(=O)OCC12CC3CC(CC(O)(C3)C1)C2.CC(F)(F)C(=O)OCC12CC3CC(CC(O)(C3)C1)C2.CC(F)(F)C(=O)OCC12CC3CC(CC(O)(C3)C1)C2.c1ccc([S+]2CCCCC2)cc1.c1ccc([S+]2CCOCC2)cc1.c1ccc([S+]2c3ccccc3Oc3ccccc32)cc1. The highest BCUT2D eigenvalue weighted by molar-refractivity contribution is 7.97. The van der Waals surface area contributed by atoms with Crippen molar-refractivity contribution in [2.45, 2.75) is 215 Å². The van der Waals surface area contributed by atoms with Gasteiger partial charge in [-0.3, -0.25) is 0 Å². The Morgan fingerprint density at radius 3 is 1.00 bits per heavy atom. The fourth-order valence-corrected chi connectivity index (χ4v) is 26.7. The maximum Gasteiger partial charge on any atom is 0.376 e. The molecule has 3 N–H and O–H groups in total. The molecule has 0 spiro atoms. The third-order valence-corrected chi connectivity index (χ3v) is 29.8. The van der Waals surface area contributed by atoms with Gasteiger partial charge in [0.05, 0.1) is 49.8 Å². The molecule has 12 bridgehead atoms. The van der Waals surface area contributed by atoms with E-state index in [-0.39, 0.29) is 47.0 Å². The predicted molar refractivity (Wildman–Crippen MR) is 381 cm³/mol. The smallest absolute Gasteiger partial charge is 0.376 e. The van der Waals surface area contributed by atoms with E-state index in [1.165, 1.54) is 61.9 Å². The number of hydrogen-bond donors (Lipinski definition) is 3. The van der Waals surface area contributed by atoms with Crippen LogP contribution in [0, 0.1) is 51.8 Å². The zero-order chi connectivity index (χ0) is 71.5. The molecule has 5 aromatic rings. The minimum Gasteiger partial charge on any atom is -0.461 e. The summed E-state index contributed by atoms with van der Waals surface area (Å²) < 4.78 is 103. The Hall–Kier alpha value is -5.22. The van der Waals surface area contributed by atoms with E-state index in [0.717, 1.165) is 121 Å². The summed E-state index contributed by atoms with van der Waals surface area (Å²) >= 11 is 0. The van der Waals surface area contributed by atoms with E-state index >= 15 is 0 Å². The zero-order valence-electron chi connectivity index (χ0n) is 58.6. The van der Waals surface area contributed by atoms with Gasteiger partial charge in [0.25, 0.3) is 0 Å². The molecule has 11 nitrogen and oxygen atoms in total. The molecule has 12 aliphatic carbocycles. The van der Waals surface area contributed by atoms with Crippen molar-refractivity contribution in [3.8, 4) is 11.5 Å². The first kappa shape index (κ1) is 75.5. The van der Waals surface area contributed by atoms with Crippen LogP contribution in [0.5, 0.6) is 11.5 Å². The molecular weight excluding hydrogens is 1360 g/mol. The monoisotopic (exact) mass is 1460 g/mol. The molecule has 5 aromatic carbocycles. The van der Waals surface area contributed by atoms with Gasteiger partial charge in [0.1, 0.15) is 33.9 Å². The number of halogens is 6. The van der Waals surface area contributed by atoms with Crippen LogP contribution >= 0.6 is 0 Å². The van der Waals surface area contributed by atoms with Gasteiger partial charge in [-0.2, -0.15) is 26.3 Å². The molecular formula is C81H101F6O11S3+3. The van der Waals surface area contributed by atoms with Gasteiger partial charge in [0.2, 0.25) is 9.79 Å². The quantitative estimate of drug-likeness (QED) is 0.0463. The molecule has 3 aliphatic heterocycles. The fraction of sp³-hybridized carbons (Fsp3) is 0.593. The number of alkyl halides is 6. The molecule has 548 valence electrons. The highest BCUT2D eigenvalue weighted by Gasteiger charge is 2.61. The van der Waals surface area contributed by atoms with Crippen LogP contribution in [0.1, 0.15) is 156 Å². The van der Waals surface area contributed by atoms with Crippen molar-refractivity contribution in [2.24, 2.45) is 51.8 Å². The molecule has 101 heavy (non-hydrogen) atoms. The summed E-state index contributed by atoms with van der Waals surface area (Å²) in [5.41, 5.74) is -2.74. The van der Waals surface area contributed by atoms with Crippen LogP contribution in [0.3, 0.4) is 0 Å². The summed E-state index contributed by atoms with van der Waals surface area (Å²) in [4.78, 5) is 40.5. The summed E-state index contributed by atoms with van der Waals surface area (Å²) in [6, 6.07) is 49.1. The van der Waals surface area contributed by atoms with Crippen molar-refractivity contribution >= 4 is 50.6 Å². The molecule has 0 aromatic heterocycles. The first-order valence-electron chi connectivity index (χ1n) is 36.5. The van der Waals surface area contributed by atoms with Crippen molar-refractivity contribution < 1.29 is 79.7 Å². The van der Waals surface area contributed by atoms with Gasteiger partial charge in [-0.25, -0.2) is 14.4 Å². The Bertz CT molecular complexity index is 3280. The van der Waals surface area contributed by atoms with Crippen LogP contribution in [0.4, 0.5) is 26.3 Å². The molecule has 14 fully saturated rings. The van der Waals surface area contributed by atoms with Crippen molar-refractivity contribution in [1.29, 1.82) is 0 Å². The van der Waals surface area contributed by atoms with Crippen molar-refractivity contribution in [1.82, 2.24) is 0 Å². The molecule has 0 radical (unpaired) electrons. The molecule has 3 heterocycles. The van der Waals surface area contributed by atoms with E-state index < -0.39 is 52.5 Å². The number of carbonyl (C=O) groups excluding carboxylic acids is 3. The first-order valence-corrected chi connectivity index (χ1v) is 40.8. The molecule has 2 saturated heterocycles. The van der Waals surface area contributed by atoms with E-state index in [0.29, 0.717) is 97.3 Å². The lowest BCUT2D eigenvalue weighted by molar-refractivity contribution is -0.197. The Balaban J connectivity index is 0.000000116. The molecule has 20 rings (SSSR count). The minimum atomic E-state index is -3.43. The van der Waals surface area contributed by atoms with Crippen molar-refractivity contribution in [3.63, 3.8) is 0 Å². The second-order valence-corrected chi connectivity index (χ2v) is 38.7. The Kier molecular flexibility index (Phi) is 23.2. The molecule has 0 amide bonds. The van der Waals surface area contributed by atoms with Gasteiger partial charge in [0, 0.05) is 58.8 Å². The van der Waals surface area contributed by atoms with E-state index in [2.05, 4.69) is 115 Å². The number of rotatable bonds is 12. The number of carbonyl (C=O) groups is 3. The van der Waals surface area contributed by atoms with Crippen LogP contribution < -0.4 is 4.74 Å². The number of fused-ring (bicyclic) bond motifs is 2. The lowest BCUT2D eigenvalue weighted by Crippen LogP contribution is -2.57. The van der Waals surface area contributed by atoms with Crippen molar-refractivity contribution in [3.05, 3.63) is 140 Å². The second-order valence-electron chi connectivity index (χ2n) is 32.2. The Morgan fingerprint density at radius 1 is 0.406 bits per heavy atom. The molecule has 12 saturated carbocycles. The van der Waals surface area contributed by atoms with Crippen molar-refractivity contribution in [2.75, 3.05) is 56.0 Å². The summed E-state index contributed by atoms with van der Waals surface area (Å²) in [5.74, 6) is -4.62. The average Bonchev–Trinajstić information content (AvgIpc) is 0.752. The molecule has 6 atom stereocenters. The summed E-state index contributed by atoms with van der Waals surface area (Å²) in [6.07, 6.45) is 19.8. The summed E-state index contributed by atoms with van der Waals surface area (Å²) in [5, 5.41) is 31.5. The second kappa shape index (κ2) is 31.1. The van der Waals surface area contributed by atoms with Gasteiger partial charge >= 0.3 is 35.7 Å². The normalized spacial score (nSPS) is 32.3. The van der Waals surface area contributed by atoms with Crippen LogP contribution in [-0.4, -0.2) is 124 Å². The van der Waals surface area contributed by atoms with Gasteiger partial charge in [0.15, 0.2) is 26.2 Å². The van der Waals surface area contributed by atoms with E-state index in [9.17, 15) is 56.0 Å². The summed E-state index contributed by atoms with van der Waals surface area (Å²) in [7, 11) is 0.976. The van der Waals surface area contributed by atoms with Gasteiger partial charge in [-0.15, -0.1) is 0 Å². The lowest BCUT2D eigenvalue weighted by Gasteiger charge is -2.59. The number of ether oxygens (including phenoxy) is 5. The Labute approximate surface area is 600 Å². The van der Waals surface area contributed by atoms with Crippen LogP contribution in [0.2, 0.25) is 0 Å². The average molecular weight is 1460 g/mol. The predicted octanol–water partition coefficient (Wildman–Crippen LogP) is 17.0. The van der Waals surface area contributed by atoms with Crippen LogP contribution in [0.15, 0.2) is 164 Å². The zero-order valence-corrected chi connectivity index (χ0v) is 61.0. The highest BCUT2D eigenvalue weighted by Crippen LogP contribution is 2.64. The minimum absolute atomic E-state index is 0.0323. The van der Waals surface area contributed by atoms with Gasteiger partial charge < -0.3 is 39.0 Å². The molecule has 15 aliphatic rings. The number of aliphatic hydroxyl groups is 3. The number of benzene rings is 5. The third-order valence-electron chi connectivity index (χ3n) is 22.8. The topological polar surface area (TPSA) is 158 Å². The molecule has 20 heteroatoms. The maximum absolute atomic E-state index is 12.8. The molecule has 6 unspecified atom stereocenters. The van der Waals surface area contributed by atoms with E-state index in [4.69, 9.17) is 23.7 Å². The standard InChI is InChI=1S/C18H13OS.3C14H20F2O3.C11H15S.C10H13OS/c1-2-8-14(9-3-1)20-17-12-6-4-10-15(17)19-16-11-5-7-13-18(16)20;3*1-12(15,16)11(17)19-8-13-3-9-2-10(4-13)6-14(18,5-9)7-13;1-3-7-11(8-4-1)12-9-5-2-6-10-12;1-2-4-10(5-3-1)12-8-6-11-7-9-12/h1-13H;3*9-10,18H,2-8H2,1H3;1,3-4,7-8H,2,5-6,9-10H2;1-5H,6-9H2/q+1;;;;2*+1. The number of para-hydroxylation sites is 2. The number of hydrogen-bond acceptors (Lipinski definition) is 11. The van der Waals surface area contributed by atoms with Crippen LogP contribution in [0.25, 0.3) is 0 Å². The van der Waals surface area contributed by atoms with Gasteiger partial charge in [-0.05, 0) is 231 Å². The van der Waals surface area contributed by atoms with E-state index in [1.807, 2.05) is 24.3 Å². The Morgan fingerprint density at radius 2 is 0.693 bits per heavy atom. The first-order chi connectivity index (χ1) is 48.0. The van der Waals surface area contributed by atoms with Gasteiger partial charge in [-0.1, -0.05) is 78.9 Å². The van der Waals surface area contributed by atoms with E-state index in [1.54, 1.807) is 4.90 Å². The summed E-state index contributed by atoms with van der Waals surface area (Å²) in [6.45, 7) is 3.66. The van der Waals surface area contributed by atoms with Crippen LogP contribution in [-0.2, 0) is 66.0 Å². The fourth-order valence-electron chi connectivity index (χ4n) is 20.3. The lowest BCUT2D eigenvalue weighted by atomic mass is 9.48. The number of esters is 3. The largest absolute Gasteiger partial charge is 0.461 e. The maximum atomic E-state index is 12.8. The highest BCUT2D eigenvalue weighted by atomic mass is 32.2.